The summed E-state index contributed by atoms with van der Waals surface area (Å²) in [5.74, 6) is 4.16. The number of carbonyl (C=O) groups excluding carboxylic acids is 2. The van der Waals surface area contributed by atoms with Gasteiger partial charge >= 0.3 is 5.97 Å². The summed E-state index contributed by atoms with van der Waals surface area (Å²) in [5.41, 5.74) is 1.24. The van der Waals surface area contributed by atoms with Crippen molar-refractivity contribution >= 4 is 50.0 Å². The van der Waals surface area contributed by atoms with Gasteiger partial charge in [0.25, 0.3) is 5.91 Å². The van der Waals surface area contributed by atoms with E-state index in [4.69, 9.17) is 9.84 Å². The molecule has 0 aromatic carbocycles. The highest BCUT2D eigenvalue weighted by molar-refractivity contribution is 9.10. The highest BCUT2D eigenvalue weighted by Gasteiger charge is 2.71. The maximum absolute atomic E-state index is 13.2. The topological polar surface area (TPSA) is 59.0 Å². The fourth-order valence-corrected chi connectivity index (χ4v) is 13.8. The Morgan fingerprint density at radius 1 is 0.787 bits per heavy atom. The van der Waals surface area contributed by atoms with Crippen molar-refractivity contribution in [3.63, 3.8) is 0 Å². The minimum atomic E-state index is -0.242. The number of hydrogen-bond donors (Lipinski definition) is 0. The second-order valence-corrected chi connectivity index (χ2v) is 21.4. The predicted octanol–water partition coefficient (Wildman–Crippen LogP) is 10.3. The molecule has 5 aliphatic carbocycles. The van der Waals surface area contributed by atoms with E-state index in [2.05, 4.69) is 107 Å². The third kappa shape index (κ3) is 5.49. The number of hydrazone groups is 1. The summed E-state index contributed by atoms with van der Waals surface area (Å²) >= 11 is 7.26. The maximum Gasteiger partial charge on any atom is 0.320 e. The Hall–Kier alpha value is -0.430. The molecule has 0 radical (unpaired) electrons. The van der Waals surface area contributed by atoms with Crippen LogP contribution in [0.2, 0.25) is 0 Å². The number of alkyl halides is 2. The molecule has 1 heterocycles. The van der Waals surface area contributed by atoms with Crippen molar-refractivity contribution in [2.75, 3.05) is 6.54 Å². The molecule has 5 nitrogen and oxygen atoms in total. The summed E-state index contributed by atoms with van der Waals surface area (Å²) in [7, 11) is 0. The Morgan fingerprint density at radius 2 is 1.47 bits per heavy atom. The molecule has 0 aromatic rings. The van der Waals surface area contributed by atoms with Gasteiger partial charge < -0.3 is 4.74 Å². The van der Waals surface area contributed by atoms with Crippen LogP contribution in [0.15, 0.2) is 5.10 Å². The normalized spacial score (nSPS) is 46.8. The zero-order chi connectivity index (χ0) is 34.5. The average Bonchev–Trinajstić information content (AvgIpc) is 3.62. The van der Waals surface area contributed by atoms with Gasteiger partial charge in [-0.1, -0.05) is 101 Å². The Kier molecular flexibility index (Phi) is 9.57. The highest BCUT2D eigenvalue weighted by atomic mass is 79.9. The van der Waals surface area contributed by atoms with Crippen molar-refractivity contribution in [1.82, 2.24) is 5.01 Å². The minimum Gasteiger partial charge on any atom is -0.461 e. The molecule has 0 saturated heterocycles. The van der Waals surface area contributed by atoms with Crippen molar-refractivity contribution in [2.45, 2.75) is 149 Å². The monoisotopic (exact) mass is 778 g/mol. The number of rotatable bonds is 6. The first-order chi connectivity index (χ1) is 21.8. The summed E-state index contributed by atoms with van der Waals surface area (Å²) in [4.78, 5) is 25.9. The average molecular weight is 781 g/mol. The van der Waals surface area contributed by atoms with Gasteiger partial charge in [0.1, 0.15) is 10.9 Å². The molecule has 3 unspecified atom stereocenters. The summed E-state index contributed by atoms with van der Waals surface area (Å²) in [6.45, 7) is 24.6. The molecular weight excluding hydrogens is 716 g/mol. The number of esters is 1. The Balaban J connectivity index is 1.23. The lowest BCUT2D eigenvalue weighted by Crippen LogP contribution is -2.66. The summed E-state index contributed by atoms with van der Waals surface area (Å²) in [5, 5.41) is 6.51. The molecule has 5 saturated carbocycles. The molecule has 0 N–H and O–H groups in total. The number of carbonyl (C=O) groups is 2. The highest BCUT2D eigenvalue weighted by Crippen LogP contribution is 2.77. The molecule has 13 atom stereocenters. The number of hydrogen-bond acceptors (Lipinski definition) is 4. The molecule has 47 heavy (non-hydrogen) atoms. The van der Waals surface area contributed by atoms with Crippen LogP contribution in [0.4, 0.5) is 0 Å². The van der Waals surface area contributed by atoms with Gasteiger partial charge in [-0.3, -0.25) is 9.59 Å². The van der Waals surface area contributed by atoms with Gasteiger partial charge in [0.05, 0.1) is 11.4 Å². The van der Waals surface area contributed by atoms with Gasteiger partial charge in [-0.15, -0.1) is 0 Å². The lowest BCUT2D eigenvalue weighted by atomic mass is 9.32. The van der Waals surface area contributed by atoms with Crippen LogP contribution in [0.5, 0.6) is 0 Å². The minimum absolute atomic E-state index is 0.0160. The summed E-state index contributed by atoms with van der Waals surface area (Å²) in [6.07, 6.45) is 14.7. The fraction of sp³-hybridized carbons (Fsp3) is 0.925. The van der Waals surface area contributed by atoms with E-state index in [1.54, 1.807) is 5.01 Å². The maximum atomic E-state index is 13.2. The number of nitrogens with zero attached hydrogens (tertiary/aromatic N) is 2. The number of amides is 1. The SMILES string of the molecule is CC(C)C(Br)C(=O)O[C@H]1CC[C@]2(C)[C@H]3CC[C@@H]4[C@H]5[C@H](C6C=NN(C(=O)C(Br)C(C)C)C6)CC[C@]5(C)CC[C@@]4(C)[C@]3(C)CC[C@H]2C1(C)C. The predicted molar refractivity (Wildman–Crippen MR) is 199 cm³/mol. The van der Waals surface area contributed by atoms with Gasteiger partial charge in [-0.2, -0.15) is 5.10 Å². The van der Waals surface area contributed by atoms with E-state index in [1.165, 1.54) is 51.4 Å². The molecule has 1 aliphatic heterocycles. The smallest absolute Gasteiger partial charge is 0.320 e. The quantitative estimate of drug-likeness (QED) is 0.199. The second-order valence-electron chi connectivity index (χ2n) is 19.5. The third-order valence-corrected chi connectivity index (χ3v) is 19.2. The van der Waals surface area contributed by atoms with Gasteiger partial charge in [-0.25, -0.2) is 5.01 Å². The molecule has 7 heteroatoms. The van der Waals surface area contributed by atoms with Crippen LogP contribution in [-0.4, -0.2) is 45.4 Å². The largest absolute Gasteiger partial charge is 0.461 e. The first-order valence-corrected chi connectivity index (χ1v) is 21.0. The molecule has 5 fully saturated rings. The van der Waals surface area contributed by atoms with E-state index in [9.17, 15) is 9.59 Å². The van der Waals surface area contributed by atoms with Crippen LogP contribution in [0.1, 0.15) is 133 Å². The Labute approximate surface area is 303 Å². The summed E-state index contributed by atoms with van der Waals surface area (Å²) < 4.78 is 6.33. The van der Waals surface area contributed by atoms with Crippen molar-refractivity contribution in [1.29, 1.82) is 0 Å². The zero-order valence-electron chi connectivity index (χ0n) is 31.1. The zero-order valence-corrected chi connectivity index (χ0v) is 34.3. The van der Waals surface area contributed by atoms with Crippen LogP contribution < -0.4 is 0 Å². The lowest BCUT2D eigenvalue weighted by molar-refractivity contribution is -0.250. The van der Waals surface area contributed by atoms with Crippen molar-refractivity contribution in [3.8, 4) is 0 Å². The summed E-state index contributed by atoms with van der Waals surface area (Å²) in [6, 6.07) is 0. The standard InChI is InChI=1S/C40H64Br2N2O3/c1-23(2)32(41)34(45)44-22-25(21-43-44)26-13-16-37(7)19-20-39(9)27(31(26)37)11-12-29-38(8)17-15-30(47-35(46)33(42)24(3)4)36(5,6)28(38)14-18-40(29,39)10/h21,23-33H,11-20,22H2,1-10H3/t25?,26-,27+,28-,29+,30-,31+,32?,33?,37+,38-,39+,40+/m0/s1. The van der Waals surface area contributed by atoms with Gasteiger partial charge in [0.15, 0.2) is 0 Å². The first kappa shape index (κ1) is 36.4. The van der Waals surface area contributed by atoms with E-state index >= 15 is 0 Å². The molecule has 6 rings (SSSR count). The Morgan fingerprint density at radius 3 is 2.13 bits per heavy atom. The second kappa shape index (κ2) is 12.4. The molecule has 0 spiro atoms. The third-order valence-electron chi connectivity index (χ3n) is 16.3. The van der Waals surface area contributed by atoms with Gasteiger partial charge in [0, 0.05) is 17.5 Å². The van der Waals surface area contributed by atoms with Crippen LogP contribution >= 0.6 is 31.9 Å². The fourth-order valence-electron chi connectivity index (χ4n) is 13.4. The molecule has 266 valence electrons. The number of fused-ring (bicyclic) bond motifs is 7. The van der Waals surface area contributed by atoms with Crippen molar-refractivity contribution in [2.24, 2.45) is 79.5 Å². The van der Waals surface area contributed by atoms with E-state index in [0.29, 0.717) is 45.8 Å². The molecule has 0 aromatic heterocycles. The molecule has 1 amide bonds. The number of halogens is 2. The number of ether oxygens (including phenoxy) is 1. The van der Waals surface area contributed by atoms with E-state index < -0.39 is 0 Å². The van der Waals surface area contributed by atoms with E-state index in [0.717, 1.165) is 25.3 Å². The lowest BCUT2D eigenvalue weighted by Gasteiger charge is -2.73. The molecule has 0 bridgehead atoms. The van der Waals surface area contributed by atoms with E-state index in [-0.39, 0.29) is 50.3 Å². The van der Waals surface area contributed by atoms with Crippen LogP contribution in [0.25, 0.3) is 0 Å². The Bertz CT molecular complexity index is 1270. The van der Waals surface area contributed by atoms with Gasteiger partial charge in [-0.05, 0) is 127 Å². The van der Waals surface area contributed by atoms with Gasteiger partial charge in [0.2, 0.25) is 0 Å². The molecular formula is C40H64Br2N2O3. The first-order valence-electron chi connectivity index (χ1n) is 19.2. The van der Waals surface area contributed by atoms with Crippen molar-refractivity contribution < 1.29 is 14.3 Å². The van der Waals surface area contributed by atoms with Crippen LogP contribution in [0.3, 0.4) is 0 Å². The van der Waals surface area contributed by atoms with E-state index in [1.807, 2.05) is 0 Å². The van der Waals surface area contributed by atoms with Crippen LogP contribution in [-0.2, 0) is 14.3 Å². The van der Waals surface area contributed by atoms with Crippen LogP contribution in [0, 0.1) is 74.4 Å². The molecule has 6 aliphatic rings. The van der Waals surface area contributed by atoms with Crippen molar-refractivity contribution in [3.05, 3.63) is 0 Å².